The van der Waals surface area contributed by atoms with Crippen molar-refractivity contribution >= 4 is 5.91 Å². The largest absolute Gasteiger partial charge is 0.525 e. The highest BCUT2D eigenvalue weighted by Crippen LogP contribution is 2.03. The number of rotatable bonds is 2. The highest BCUT2D eigenvalue weighted by Gasteiger charge is 2.09. The Morgan fingerprint density at radius 2 is 2.67 bits per heavy atom. The molecule has 52 valence electrons. The first-order valence-corrected chi connectivity index (χ1v) is 2.70. The quantitative estimate of drug-likeness (QED) is 0.485. The SMILES string of the molecule is O=C1CO[CH-]N1CCO. The van der Waals surface area contributed by atoms with Gasteiger partial charge in [-0.25, -0.2) is 0 Å². The first kappa shape index (κ1) is 6.51. The number of nitrogens with zero attached hydrogens (tertiary/aromatic N) is 1. The molecule has 1 aliphatic heterocycles. The molecule has 9 heavy (non-hydrogen) atoms. The van der Waals surface area contributed by atoms with Crippen molar-refractivity contribution in [3.05, 3.63) is 6.73 Å². The van der Waals surface area contributed by atoms with Gasteiger partial charge in [0.05, 0.1) is 13.2 Å². The maximum absolute atomic E-state index is 10.6. The molecule has 0 radical (unpaired) electrons. The van der Waals surface area contributed by atoms with E-state index in [1.54, 1.807) is 0 Å². The lowest BCUT2D eigenvalue weighted by Gasteiger charge is -2.21. The highest BCUT2D eigenvalue weighted by atomic mass is 16.5. The number of hydrogen-bond acceptors (Lipinski definition) is 3. The van der Waals surface area contributed by atoms with Crippen LogP contribution in [0.5, 0.6) is 0 Å². The fourth-order valence-corrected chi connectivity index (χ4v) is 0.625. The van der Waals surface area contributed by atoms with Crippen LogP contribution >= 0.6 is 0 Å². The average Bonchev–Trinajstić information content (AvgIpc) is 2.18. The molecule has 0 unspecified atom stereocenters. The van der Waals surface area contributed by atoms with Crippen molar-refractivity contribution in [1.82, 2.24) is 4.90 Å². The number of β-amino-alcohol motifs (C(OH)–C–C–N with tert-alkyl or cyclic N) is 1. The third-order valence-electron chi connectivity index (χ3n) is 1.07. The Bertz CT molecular complexity index is 115. The van der Waals surface area contributed by atoms with E-state index in [1.165, 1.54) is 11.6 Å². The number of carbonyl (C=O) groups excluding carboxylic acids is 1. The average molecular weight is 130 g/mol. The van der Waals surface area contributed by atoms with Crippen molar-refractivity contribution in [3.8, 4) is 0 Å². The van der Waals surface area contributed by atoms with E-state index in [0.717, 1.165) is 0 Å². The molecule has 0 aromatic carbocycles. The minimum absolute atomic E-state index is 0.0222. The van der Waals surface area contributed by atoms with E-state index in [1.807, 2.05) is 0 Å². The summed E-state index contributed by atoms with van der Waals surface area (Å²) in [6.07, 6.45) is 0. The lowest BCUT2D eigenvalue weighted by atomic mass is 10.5. The van der Waals surface area contributed by atoms with Gasteiger partial charge in [0.2, 0.25) is 5.91 Å². The second-order valence-electron chi connectivity index (χ2n) is 1.73. The van der Waals surface area contributed by atoms with Crippen molar-refractivity contribution < 1.29 is 14.6 Å². The second-order valence-corrected chi connectivity index (χ2v) is 1.73. The van der Waals surface area contributed by atoms with Crippen LogP contribution < -0.4 is 0 Å². The lowest BCUT2D eigenvalue weighted by molar-refractivity contribution is -0.126. The third-order valence-corrected chi connectivity index (χ3v) is 1.07. The Kier molecular flexibility index (Phi) is 2.02. The topological polar surface area (TPSA) is 49.8 Å². The first-order valence-electron chi connectivity index (χ1n) is 2.70. The van der Waals surface area contributed by atoms with Crippen molar-refractivity contribution in [2.75, 3.05) is 19.8 Å². The zero-order chi connectivity index (χ0) is 6.69. The van der Waals surface area contributed by atoms with Crippen LogP contribution in [0.2, 0.25) is 0 Å². The van der Waals surface area contributed by atoms with Gasteiger partial charge >= 0.3 is 0 Å². The van der Waals surface area contributed by atoms with Crippen LogP contribution in [0.4, 0.5) is 0 Å². The van der Waals surface area contributed by atoms with Gasteiger partial charge in [0.15, 0.2) is 0 Å². The summed E-state index contributed by atoms with van der Waals surface area (Å²) in [5, 5.41) is 8.38. The Morgan fingerprint density at radius 3 is 3.11 bits per heavy atom. The van der Waals surface area contributed by atoms with E-state index in [-0.39, 0.29) is 19.1 Å². The molecule has 1 rings (SSSR count). The second kappa shape index (κ2) is 2.80. The molecule has 1 saturated heterocycles. The minimum atomic E-state index is -0.0935. The summed E-state index contributed by atoms with van der Waals surface area (Å²) in [7, 11) is 0. The van der Waals surface area contributed by atoms with Gasteiger partial charge in [0.1, 0.15) is 0 Å². The molecule has 0 aromatic heterocycles. The zero-order valence-electron chi connectivity index (χ0n) is 4.91. The first-order chi connectivity index (χ1) is 4.34. The maximum Gasteiger partial charge on any atom is 0.218 e. The van der Waals surface area contributed by atoms with Crippen LogP contribution in [-0.4, -0.2) is 35.7 Å². The molecule has 1 fully saturated rings. The van der Waals surface area contributed by atoms with E-state index in [9.17, 15) is 4.79 Å². The van der Waals surface area contributed by atoms with Crippen LogP contribution in [0, 0.1) is 6.73 Å². The summed E-state index contributed by atoms with van der Waals surface area (Å²) in [5.74, 6) is -0.0935. The van der Waals surface area contributed by atoms with Crippen molar-refractivity contribution in [2.45, 2.75) is 0 Å². The maximum atomic E-state index is 10.6. The van der Waals surface area contributed by atoms with Crippen LogP contribution in [0.1, 0.15) is 0 Å². The van der Waals surface area contributed by atoms with E-state index in [4.69, 9.17) is 5.11 Å². The number of carbonyl (C=O) groups is 1. The zero-order valence-corrected chi connectivity index (χ0v) is 4.91. The molecule has 1 heterocycles. The van der Waals surface area contributed by atoms with Crippen LogP contribution in [0.15, 0.2) is 0 Å². The Hall–Kier alpha value is -0.610. The van der Waals surface area contributed by atoms with E-state index in [2.05, 4.69) is 4.74 Å². The monoisotopic (exact) mass is 130 g/mol. The fourth-order valence-electron chi connectivity index (χ4n) is 0.625. The van der Waals surface area contributed by atoms with Gasteiger partial charge < -0.3 is 14.7 Å². The van der Waals surface area contributed by atoms with Crippen molar-refractivity contribution in [3.63, 3.8) is 0 Å². The molecule has 4 heteroatoms. The molecule has 1 amide bonds. The fraction of sp³-hybridized carbons (Fsp3) is 0.600. The Balaban J connectivity index is 2.31. The smallest absolute Gasteiger partial charge is 0.218 e. The molecule has 0 bridgehead atoms. The molecule has 0 aromatic rings. The highest BCUT2D eigenvalue weighted by molar-refractivity contribution is 5.79. The summed E-state index contributed by atoms with van der Waals surface area (Å²) in [5.41, 5.74) is 0. The molecule has 0 aliphatic carbocycles. The van der Waals surface area contributed by atoms with Crippen LogP contribution in [-0.2, 0) is 9.53 Å². The summed E-state index contributed by atoms with van der Waals surface area (Å²) in [4.78, 5) is 12.0. The third kappa shape index (κ3) is 1.40. The number of aliphatic hydroxyl groups is 1. The molecular formula is C5H8NO3-. The lowest BCUT2D eigenvalue weighted by Crippen LogP contribution is -2.26. The number of aliphatic hydroxyl groups excluding tert-OH is 1. The Labute approximate surface area is 53.0 Å². The number of amides is 1. The minimum Gasteiger partial charge on any atom is -0.525 e. The molecular weight excluding hydrogens is 122 g/mol. The molecule has 4 nitrogen and oxygen atoms in total. The van der Waals surface area contributed by atoms with Gasteiger partial charge in [-0.2, -0.15) is 0 Å². The van der Waals surface area contributed by atoms with Gasteiger partial charge in [-0.05, 0) is 0 Å². The molecule has 1 N–H and O–H groups in total. The summed E-state index contributed by atoms with van der Waals surface area (Å²) in [6.45, 7) is 1.75. The van der Waals surface area contributed by atoms with E-state index >= 15 is 0 Å². The van der Waals surface area contributed by atoms with Gasteiger partial charge in [-0.15, -0.1) is 6.73 Å². The summed E-state index contributed by atoms with van der Waals surface area (Å²) in [6, 6.07) is 0. The number of hydrogen-bond donors (Lipinski definition) is 1. The summed E-state index contributed by atoms with van der Waals surface area (Å²) < 4.78 is 4.66. The standard InChI is InChI=1S/C5H8NO3/c7-2-1-6-4-9-3-5(6)8/h4,7H,1-3H2/q-1. The predicted octanol–water partition coefficient (Wildman–Crippen LogP) is -1.04. The van der Waals surface area contributed by atoms with Gasteiger partial charge in [-0.3, -0.25) is 4.79 Å². The van der Waals surface area contributed by atoms with Crippen LogP contribution in [0.25, 0.3) is 0 Å². The molecule has 1 aliphatic rings. The Morgan fingerprint density at radius 1 is 1.89 bits per heavy atom. The molecule has 0 saturated carbocycles. The van der Waals surface area contributed by atoms with Gasteiger partial charge in [0, 0.05) is 6.54 Å². The van der Waals surface area contributed by atoms with Gasteiger partial charge in [0.25, 0.3) is 0 Å². The van der Waals surface area contributed by atoms with Gasteiger partial charge in [-0.1, -0.05) is 0 Å². The summed E-state index contributed by atoms with van der Waals surface area (Å²) >= 11 is 0. The normalized spacial score (nSPS) is 19.2. The number of ether oxygens (including phenoxy) is 1. The molecule has 0 spiro atoms. The molecule has 0 atom stereocenters. The van der Waals surface area contributed by atoms with E-state index < -0.39 is 0 Å². The van der Waals surface area contributed by atoms with Crippen LogP contribution in [0.3, 0.4) is 0 Å². The predicted molar refractivity (Wildman–Crippen MR) is 29.1 cm³/mol. The van der Waals surface area contributed by atoms with E-state index in [0.29, 0.717) is 6.54 Å². The van der Waals surface area contributed by atoms with Crippen molar-refractivity contribution in [2.24, 2.45) is 0 Å². The van der Waals surface area contributed by atoms with Crippen molar-refractivity contribution in [1.29, 1.82) is 0 Å².